The molecule has 3 N–H and O–H groups in total. The third kappa shape index (κ3) is 6.05. The van der Waals surface area contributed by atoms with Gasteiger partial charge in [0, 0.05) is 21.1 Å². The van der Waals surface area contributed by atoms with Crippen molar-refractivity contribution in [2.45, 2.75) is 12.5 Å². The molecule has 4 rings (SSSR count). The van der Waals surface area contributed by atoms with Crippen LogP contribution >= 0.6 is 15.9 Å². The Bertz CT molecular complexity index is 1390. The minimum Gasteiger partial charge on any atom is -0.478 e. The van der Waals surface area contributed by atoms with E-state index in [1.165, 1.54) is 12.4 Å². The molecule has 0 aliphatic carbocycles. The minimum atomic E-state index is -1.04. The number of nitrogens with one attached hydrogen (secondary N) is 2. The topological polar surface area (TPSA) is 107 Å². The summed E-state index contributed by atoms with van der Waals surface area (Å²) in [5.41, 5.74) is 2.71. The summed E-state index contributed by atoms with van der Waals surface area (Å²) in [6, 6.07) is 19.7. The molecule has 0 radical (unpaired) electrons. The van der Waals surface area contributed by atoms with E-state index in [9.17, 15) is 14.7 Å². The SMILES string of the molecule is CN(C)CCC(Nc1ncnc2c(C(=O)O)cccc12)c1cccc(NC(=O)c2ccc(Br)cc2)c1. The number of hydrogen-bond donors (Lipinski definition) is 3. The number of para-hydroxylation sites is 1. The van der Waals surface area contributed by atoms with Crippen molar-refractivity contribution in [3.8, 4) is 0 Å². The number of rotatable bonds is 9. The lowest BCUT2D eigenvalue weighted by atomic mass is 10.0. The Balaban J connectivity index is 1.63. The van der Waals surface area contributed by atoms with Crippen LogP contribution in [0.15, 0.2) is 77.5 Å². The Morgan fingerprint density at radius 1 is 1.03 bits per heavy atom. The van der Waals surface area contributed by atoms with E-state index >= 15 is 0 Å². The molecule has 0 bridgehead atoms. The number of nitrogens with zero attached hydrogens (tertiary/aromatic N) is 3. The predicted molar refractivity (Wildman–Crippen MR) is 145 cm³/mol. The summed E-state index contributed by atoms with van der Waals surface area (Å²) >= 11 is 3.38. The largest absolute Gasteiger partial charge is 0.478 e. The number of benzene rings is 3. The summed E-state index contributed by atoms with van der Waals surface area (Å²) in [6.07, 6.45) is 2.12. The third-order valence-electron chi connectivity index (χ3n) is 5.72. The molecule has 1 unspecified atom stereocenters. The zero-order valence-corrected chi connectivity index (χ0v) is 21.5. The van der Waals surface area contributed by atoms with Crippen LogP contribution in [0.2, 0.25) is 0 Å². The van der Waals surface area contributed by atoms with E-state index in [0.29, 0.717) is 28.0 Å². The number of fused-ring (bicyclic) bond motifs is 1. The van der Waals surface area contributed by atoms with Gasteiger partial charge in [-0.3, -0.25) is 4.79 Å². The van der Waals surface area contributed by atoms with Gasteiger partial charge in [0.15, 0.2) is 0 Å². The number of carboxylic acid groups (broad SMARTS) is 1. The van der Waals surface area contributed by atoms with Crippen molar-refractivity contribution in [3.05, 3.63) is 94.2 Å². The van der Waals surface area contributed by atoms with Crippen LogP contribution in [0.5, 0.6) is 0 Å². The molecule has 1 amide bonds. The van der Waals surface area contributed by atoms with E-state index in [1.54, 1.807) is 18.2 Å². The fourth-order valence-electron chi connectivity index (χ4n) is 3.89. The summed E-state index contributed by atoms with van der Waals surface area (Å²) in [5.74, 6) is -0.680. The van der Waals surface area contributed by atoms with Crippen LogP contribution in [0.4, 0.5) is 11.5 Å². The number of amides is 1. The highest BCUT2D eigenvalue weighted by Crippen LogP contribution is 2.29. The average Bonchev–Trinajstić information content (AvgIpc) is 2.86. The number of aromatic nitrogens is 2. The fourth-order valence-corrected chi connectivity index (χ4v) is 4.15. The first-order valence-electron chi connectivity index (χ1n) is 11.4. The Morgan fingerprint density at radius 3 is 2.50 bits per heavy atom. The molecule has 9 heteroatoms. The Labute approximate surface area is 217 Å². The second-order valence-electron chi connectivity index (χ2n) is 8.60. The van der Waals surface area contributed by atoms with Crippen molar-refractivity contribution in [1.82, 2.24) is 14.9 Å². The third-order valence-corrected chi connectivity index (χ3v) is 6.25. The van der Waals surface area contributed by atoms with Crippen molar-refractivity contribution < 1.29 is 14.7 Å². The first kappa shape index (κ1) is 25.3. The van der Waals surface area contributed by atoms with Gasteiger partial charge < -0.3 is 20.6 Å². The summed E-state index contributed by atoms with van der Waals surface area (Å²) in [5, 5.41) is 16.6. The quantitative estimate of drug-likeness (QED) is 0.255. The molecule has 0 fully saturated rings. The number of carbonyl (C=O) groups is 2. The van der Waals surface area contributed by atoms with Crippen molar-refractivity contribution in [1.29, 1.82) is 0 Å². The van der Waals surface area contributed by atoms with Gasteiger partial charge in [-0.25, -0.2) is 14.8 Å². The molecular weight excluding hydrogens is 522 g/mol. The van der Waals surface area contributed by atoms with Crippen LogP contribution in [0.1, 0.15) is 38.7 Å². The van der Waals surface area contributed by atoms with Crippen LogP contribution < -0.4 is 10.6 Å². The summed E-state index contributed by atoms with van der Waals surface area (Å²) in [4.78, 5) is 35.1. The second-order valence-corrected chi connectivity index (χ2v) is 9.52. The average molecular weight is 548 g/mol. The van der Waals surface area contributed by atoms with Gasteiger partial charge in [0.25, 0.3) is 5.91 Å². The number of hydrogen-bond acceptors (Lipinski definition) is 6. The fraction of sp³-hybridized carbons (Fsp3) is 0.185. The lowest BCUT2D eigenvalue weighted by Gasteiger charge is -2.23. The van der Waals surface area contributed by atoms with Crippen molar-refractivity contribution in [2.75, 3.05) is 31.3 Å². The molecule has 1 aromatic heterocycles. The number of halogens is 1. The molecular formula is C27H26BrN5O3. The van der Waals surface area contributed by atoms with E-state index in [4.69, 9.17) is 0 Å². The molecule has 1 heterocycles. The summed E-state index contributed by atoms with van der Waals surface area (Å²) in [7, 11) is 4.01. The number of anilines is 2. The highest BCUT2D eigenvalue weighted by Gasteiger charge is 2.18. The van der Waals surface area contributed by atoms with Gasteiger partial charge >= 0.3 is 5.97 Å². The summed E-state index contributed by atoms with van der Waals surface area (Å²) in [6.45, 7) is 0.802. The lowest BCUT2D eigenvalue weighted by Crippen LogP contribution is -2.21. The van der Waals surface area contributed by atoms with Crippen LogP contribution in [-0.2, 0) is 0 Å². The predicted octanol–water partition coefficient (Wildman–Crippen LogP) is 5.45. The first-order valence-corrected chi connectivity index (χ1v) is 12.2. The maximum Gasteiger partial charge on any atom is 0.337 e. The molecule has 0 saturated heterocycles. The van der Waals surface area contributed by atoms with Crippen LogP contribution in [-0.4, -0.2) is 52.5 Å². The minimum absolute atomic E-state index is 0.125. The number of aromatic carboxylic acids is 1. The van der Waals surface area contributed by atoms with Crippen LogP contribution in [0.25, 0.3) is 10.9 Å². The van der Waals surface area contributed by atoms with Gasteiger partial charge in [-0.15, -0.1) is 0 Å². The first-order chi connectivity index (χ1) is 17.3. The highest BCUT2D eigenvalue weighted by atomic mass is 79.9. The van der Waals surface area contributed by atoms with Crippen molar-refractivity contribution in [2.24, 2.45) is 0 Å². The molecule has 184 valence electrons. The number of carbonyl (C=O) groups excluding carboxylic acids is 1. The normalized spacial score (nSPS) is 11.9. The molecule has 3 aromatic carbocycles. The molecule has 36 heavy (non-hydrogen) atoms. The molecule has 8 nitrogen and oxygen atoms in total. The van der Waals surface area contributed by atoms with Crippen LogP contribution in [0, 0.1) is 0 Å². The van der Waals surface area contributed by atoms with E-state index in [2.05, 4.69) is 41.4 Å². The van der Waals surface area contributed by atoms with Crippen molar-refractivity contribution in [3.63, 3.8) is 0 Å². The van der Waals surface area contributed by atoms with E-state index in [1.807, 2.05) is 56.6 Å². The standard InChI is InChI=1S/C27H26BrN5O3/c1-33(2)14-13-23(32-25-21-7-4-8-22(27(35)36)24(21)29-16-30-25)18-5-3-6-20(15-18)31-26(34)17-9-11-19(28)12-10-17/h3-12,15-16,23H,13-14H2,1-2H3,(H,31,34)(H,35,36)(H,29,30,32). The molecule has 0 spiro atoms. The van der Waals surface area contributed by atoms with E-state index in [-0.39, 0.29) is 17.5 Å². The van der Waals surface area contributed by atoms with E-state index < -0.39 is 5.97 Å². The van der Waals surface area contributed by atoms with Gasteiger partial charge in [-0.1, -0.05) is 34.1 Å². The monoisotopic (exact) mass is 547 g/mol. The van der Waals surface area contributed by atoms with Crippen molar-refractivity contribution >= 4 is 50.2 Å². The molecule has 4 aromatic rings. The smallest absolute Gasteiger partial charge is 0.337 e. The molecule has 0 aliphatic rings. The Morgan fingerprint density at radius 2 is 1.78 bits per heavy atom. The molecule has 1 atom stereocenters. The van der Waals surface area contributed by atoms with Gasteiger partial charge in [0.05, 0.1) is 17.1 Å². The lowest BCUT2D eigenvalue weighted by molar-refractivity contribution is 0.0698. The highest BCUT2D eigenvalue weighted by molar-refractivity contribution is 9.10. The second kappa shape index (κ2) is 11.3. The zero-order chi connectivity index (χ0) is 25.7. The molecule has 0 aliphatic heterocycles. The van der Waals surface area contributed by atoms with Gasteiger partial charge in [-0.05, 0) is 81.2 Å². The zero-order valence-electron chi connectivity index (χ0n) is 19.9. The van der Waals surface area contributed by atoms with Crippen LogP contribution in [0.3, 0.4) is 0 Å². The Hall–Kier alpha value is -3.82. The maximum atomic E-state index is 12.7. The summed E-state index contributed by atoms with van der Waals surface area (Å²) < 4.78 is 0.906. The maximum absolute atomic E-state index is 12.7. The van der Waals surface area contributed by atoms with Gasteiger partial charge in [0.1, 0.15) is 12.1 Å². The van der Waals surface area contributed by atoms with Gasteiger partial charge in [-0.2, -0.15) is 0 Å². The molecule has 0 saturated carbocycles. The van der Waals surface area contributed by atoms with E-state index in [0.717, 1.165) is 23.0 Å². The Kier molecular flexibility index (Phi) is 7.92. The number of carboxylic acids is 1. The van der Waals surface area contributed by atoms with Gasteiger partial charge in [0.2, 0.25) is 0 Å².